The molecular weight excluding hydrogens is 494 g/mol. The molecule has 0 saturated heterocycles. The van der Waals surface area contributed by atoms with Crippen LogP contribution in [0.5, 0.6) is 11.5 Å². The summed E-state index contributed by atoms with van der Waals surface area (Å²) in [5.74, 6) is 2.44. The number of nitrogens with zero attached hydrogens (tertiary/aromatic N) is 5. The van der Waals surface area contributed by atoms with E-state index in [1.807, 2.05) is 83.4 Å². The second-order valence-corrected chi connectivity index (χ2v) is 9.33. The van der Waals surface area contributed by atoms with Gasteiger partial charge in [-0.25, -0.2) is 0 Å². The van der Waals surface area contributed by atoms with Gasteiger partial charge in [-0.1, -0.05) is 54.1 Å². The second-order valence-electron chi connectivity index (χ2n) is 8.89. The zero-order chi connectivity index (χ0) is 26.2. The van der Waals surface area contributed by atoms with Crippen LogP contribution in [-0.4, -0.2) is 21.3 Å². The van der Waals surface area contributed by atoms with Crippen molar-refractivity contribution in [3.8, 4) is 17.6 Å². The molecule has 0 unspecified atom stereocenters. The van der Waals surface area contributed by atoms with Crippen molar-refractivity contribution >= 4 is 17.3 Å². The first kappa shape index (κ1) is 25.1. The first-order chi connectivity index (χ1) is 18.7. The number of hydrogen-bond donors (Lipinski definition) is 0. The van der Waals surface area contributed by atoms with Gasteiger partial charge in [-0.05, 0) is 78.2 Å². The summed E-state index contributed by atoms with van der Waals surface area (Å²) < 4.78 is 8.03. The lowest BCUT2D eigenvalue weighted by Gasteiger charge is -2.25. The number of anilines is 1. The molecule has 188 valence electrons. The molecule has 0 fully saturated rings. The molecule has 0 aliphatic heterocycles. The fourth-order valence-electron chi connectivity index (χ4n) is 4.15. The van der Waals surface area contributed by atoms with Gasteiger partial charge in [0.05, 0.1) is 24.7 Å². The Morgan fingerprint density at radius 1 is 0.816 bits per heavy atom. The molecule has 4 aromatic carbocycles. The average molecular weight is 520 g/mol. The van der Waals surface area contributed by atoms with Gasteiger partial charge in [0.2, 0.25) is 0 Å². The van der Waals surface area contributed by atoms with Gasteiger partial charge in [-0.15, -0.1) is 10.2 Å². The lowest BCUT2D eigenvalue weighted by atomic mass is 10.1. The van der Waals surface area contributed by atoms with Gasteiger partial charge in [0.1, 0.15) is 17.8 Å². The Hall–Kier alpha value is -4.60. The Labute approximate surface area is 227 Å². The predicted octanol–water partition coefficient (Wildman–Crippen LogP) is 6.89. The number of nitriles is 1. The molecule has 0 saturated carbocycles. The van der Waals surface area contributed by atoms with Crippen molar-refractivity contribution in [3.63, 3.8) is 0 Å². The van der Waals surface area contributed by atoms with E-state index in [1.54, 1.807) is 6.33 Å². The molecule has 7 heteroatoms. The quantitative estimate of drug-likeness (QED) is 0.201. The van der Waals surface area contributed by atoms with Crippen molar-refractivity contribution in [2.45, 2.75) is 19.5 Å². The minimum Gasteiger partial charge on any atom is -0.457 e. The standard InChI is InChI=1S/C31H26ClN5O/c32-27-12-10-24(11-13-27)18-19-36(28-14-16-30(17-15-28)38-29-4-2-1-3-5-29)22-31-35-34-23-37(31)21-26-8-6-25(20-33)7-9-26/h1-17,23H,18-19,21-22H2. The maximum Gasteiger partial charge on any atom is 0.152 e. The van der Waals surface area contributed by atoms with Crippen molar-refractivity contribution < 1.29 is 4.74 Å². The maximum absolute atomic E-state index is 9.08. The molecule has 0 radical (unpaired) electrons. The van der Waals surface area contributed by atoms with E-state index in [1.165, 1.54) is 5.56 Å². The Kier molecular flexibility index (Phi) is 7.98. The highest BCUT2D eigenvalue weighted by atomic mass is 35.5. The van der Waals surface area contributed by atoms with Crippen molar-refractivity contribution in [2.24, 2.45) is 0 Å². The summed E-state index contributed by atoms with van der Waals surface area (Å²) in [6, 6.07) is 35.6. The molecule has 1 aromatic heterocycles. The molecule has 0 atom stereocenters. The van der Waals surface area contributed by atoms with Crippen molar-refractivity contribution in [3.05, 3.63) is 137 Å². The number of aromatic nitrogens is 3. The first-order valence-electron chi connectivity index (χ1n) is 12.3. The van der Waals surface area contributed by atoms with Crippen LogP contribution in [0.2, 0.25) is 5.02 Å². The van der Waals surface area contributed by atoms with Crippen LogP contribution in [0.3, 0.4) is 0 Å². The summed E-state index contributed by atoms with van der Waals surface area (Å²) in [5.41, 5.74) is 4.00. The topological polar surface area (TPSA) is 67.0 Å². The van der Waals surface area contributed by atoms with Gasteiger partial charge in [-0.3, -0.25) is 0 Å². The highest BCUT2D eigenvalue weighted by Crippen LogP contribution is 2.25. The molecule has 6 nitrogen and oxygen atoms in total. The lowest BCUT2D eigenvalue weighted by Crippen LogP contribution is -2.27. The molecule has 5 rings (SSSR count). The van der Waals surface area contributed by atoms with E-state index in [9.17, 15) is 0 Å². The number of hydrogen-bond acceptors (Lipinski definition) is 5. The zero-order valence-electron chi connectivity index (χ0n) is 20.7. The van der Waals surface area contributed by atoms with Gasteiger partial charge >= 0.3 is 0 Å². The average Bonchev–Trinajstić information content (AvgIpc) is 3.39. The summed E-state index contributed by atoms with van der Waals surface area (Å²) in [6.07, 6.45) is 2.60. The van der Waals surface area contributed by atoms with E-state index >= 15 is 0 Å². The van der Waals surface area contributed by atoms with E-state index in [0.29, 0.717) is 18.7 Å². The summed E-state index contributed by atoms with van der Waals surface area (Å²) in [7, 11) is 0. The van der Waals surface area contributed by atoms with Gasteiger partial charge in [0, 0.05) is 17.3 Å². The highest BCUT2D eigenvalue weighted by Gasteiger charge is 2.14. The number of para-hydroxylation sites is 1. The van der Waals surface area contributed by atoms with E-state index in [-0.39, 0.29) is 0 Å². The Bertz CT molecular complexity index is 1490. The van der Waals surface area contributed by atoms with E-state index in [4.69, 9.17) is 21.6 Å². The first-order valence-corrected chi connectivity index (χ1v) is 12.7. The van der Waals surface area contributed by atoms with Crippen LogP contribution in [0.15, 0.2) is 109 Å². The normalized spacial score (nSPS) is 10.6. The molecule has 38 heavy (non-hydrogen) atoms. The molecule has 0 bridgehead atoms. The van der Waals surface area contributed by atoms with Gasteiger partial charge in [0.15, 0.2) is 5.82 Å². The molecule has 0 N–H and O–H groups in total. The molecule has 0 aliphatic rings. The van der Waals surface area contributed by atoms with Crippen LogP contribution in [0, 0.1) is 11.3 Å². The van der Waals surface area contributed by atoms with Gasteiger partial charge in [-0.2, -0.15) is 5.26 Å². The molecule has 1 heterocycles. The minimum atomic E-state index is 0.586. The van der Waals surface area contributed by atoms with Crippen LogP contribution in [0.4, 0.5) is 5.69 Å². The highest BCUT2D eigenvalue weighted by molar-refractivity contribution is 6.30. The maximum atomic E-state index is 9.08. The van der Waals surface area contributed by atoms with Crippen molar-refractivity contribution in [2.75, 3.05) is 11.4 Å². The van der Waals surface area contributed by atoms with Gasteiger partial charge in [0.25, 0.3) is 0 Å². The van der Waals surface area contributed by atoms with Crippen LogP contribution >= 0.6 is 11.6 Å². The predicted molar refractivity (Wildman–Crippen MR) is 149 cm³/mol. The van der Waals surface area contributed by atoms with E-state index in [0.717, 1.165) is 46.6 Å². The van der Waals surface area contributed by atoms with E-state index < -0.39 is 0 Å². The van der Waals surface area contributed by atoms with Crippen LogP contribution in [0.1, 0.15) is 22.5 Å². The third kappa shape index (κ3) is 6.58. The summed E-state index contributed by atoms with van der Waals surface area (Å²) in [6.45, 7) is 2.00. The Morgan fingerprint density at radius 2 is 1.50 bits per heavy atom. The van der Waals surface area contributed by atoms with Crippen molar-refractivity contribution in [1.82, 2.24) is 14.8 Å². The third-order valence-electron chi connectivity index (χ3n) is 6.23. The molecule has 0 aliphatic carbocycles. The fraction of sp³-hybridized carbons (Fsp3) is 0.129. The second kappa shape index (κ2) is 12.1. The molecule has 0 amide bonds. The Balaban J connectivity index is 1.35. The molecule has 0 spiro atoms. The van der Waals surface area contributed by atoms with Crippen LogP contribution in [0.25, 0.3) is 0 Å². The largest absolute Gasteiger partial charge is 0.457 e. The van der Waals surface area contributed by atoms with Crippen LogP contribution in [-0.2, 0) is 19.5 Å². The minimum absolute atomic E-state index is 0.586. The Morgan fingerprint density at radius 3 is 2.21 bits per heavy atom. The van der Waals surface area contributed by atoms with Crippen molar-refractivity contribution in [1.29, 1.82) is 5.26 Å². The molecular formula is C31H26ClN5O. The number of halogens is 1. The number of rotatable bonds is 10. The summed E-state index contributed by atoms with van der Waals surface area (Å²) in [4.78, 5) is 2.29. The molecule has 5 aromatic rings. The number of ether oxygens (including phenoxy) is 1. The zero-order valence-corrected chi connectivity index (χ0v) is 21.5. The number of benzene rings is 4. The SMILES string of the molecule is N#Cc1ccc(Cn2cnnc2CN(CCc2ccc(Cl)cc2)c2ccc(Oc3ccccc3)cc2)cc1. The summed E-state index contributed by atoms with van der Waals surface area (Å²) in [5, 5.41) is 18.4. The van der Waals surface area contributed by atoms with Crippen LogP contribution < -0.4 is 9.64 Å². The van der Waals surface area contributed by atoms with E-state index in [2.05, 4.69) is 45.4 Å². The fourth-order valence-corrected chi connectivity index (χ4v) is 4.28. The smallest absolute Gasteiger partial charge is 0.152 e. The monoisotopic (exact) mass is 519 g/mol. The third-order valence-corrected chi connectivity index (χ3v) is 6.48. The lowest BCUT2D eigenvalue weighted by molar-refractivity contribution is 0.482. The summed E-state index contributed by atoms with van der Waals surface area (Å²) >= 11 is 6.08. The van der Waals surface area contributed by atoms with Gasteiger partial charge < -0.3 is 14.2 Å².